The van der Waals surface area contributed by atoms with Crippen LogP contribution in [-0.2, 0) is 10.1 Å². The van der Waals surface area contributed by atoms with E-state index in [0.717, 1.165) is 43.9 Å². The minimum absolute atomic E-state index is 0.0649. The van der Waals surface area contributed by atoms with Crippen LogP contribution in [0.3, 0.4) is 0 Å². The van der Waals surface area contributed by atoms with Crippen LogP contribution in [0.2, 0.25) is 0 Å². The van der Waals surface area contributed by atoms with Gasteiger partial charge >= 0.3 is 0 Å². The van der Waals surface area contributed by atoms with Crippen LogP contribution in [-0.4, -0.2) is 41.3 Å². The molecule has 2 rings (SSSR count). The van der Waals surface area contributed by atoms with Crippen LogP contribution >= 0.6 is 0 Å². The zero-order valence-corrected chi connectivity index (χ0v) is 27.2. The largest absolute Gasteiger partial charge is 0.384 e. The number of nitrogens with one attached hydrogen (secondary N) is 2. The Morgan fingerprint density at radius 2 is 1.36 bits per heavy atom. The molecule has 0 fully saturated rings. The summed E-state index contributed by atoms with van der Waals surface area (Å²) in [5.74, 6) is -0.544. The number of nitro groups is 2. The average molecular weight is 649 g/mol. The standard InChI is InChI=1S/C32H48N4O8S/c1-3-4-5-6-7-8-9-10-11-12-13-16-27(34-32(37)26-21-28(35(38)39)23-29(22-26)36(40)41)20-19-25(2)24-33-30-17-14-15-18-31(30)45(42,43)44/h14-15,17-18,21-23,25,27,33H,3-13,16,19-20,24H2,1-2H3,(H,34,37)(H,42,43,44). The topological polar surface area (TPSA) is 182 Å². The summed E-state index contributed by atoms with van der Waals surface area (Å²) in [5.41, 5.74) is -0.899. The van der Waals surface area contributed by atoms with Crippen molar-refractivity contribution in [1.29, 1.82) is 0 Å². The van der Waals surface area contributed by atoms with Crippen LogP contribution in [0.25, 0.3) is 0 Å². The lowest BCUT2D eigenvalue weighted by atomic mass is 9.96. The van der Waals surface area contributed by atoms with Crippen molar-refractivity contribution in [2.75, 3.05) is 11.9 Å². The van der Waals surface area contributed by atoms with E-state index in [2.05, 4.69) is 17.6 Å². The van der Waals surface area contributed by atoms with E-state index in [4.69, 9.17) is 0 Å². The lowest BCUT2D eigenvalue weighted by Gasteiger charge is -2.22. The highest BCUT2D eigenvalue weighted by molar-refractivity contribution is 7.86. The van der Waals surface area contributed by atoms with Gasteiger partial charge in [0.1, 0.15) is 4.90 Å². The molecule has 3 N–H and O–H groups in total. The number of hydrogen-bond donors (Lipinski definition) is 3. The second-order valence-corrected chi connectivity index (χ2v) is 13.2. The Balaban J connectivity index is 1.98. The molecule has 2 aromatic carbocycles. The number of carbonyl (C=O) groups is 1. The number of nitrogens with zero attached hydrogens (tertiary/aromatic N) is 2. The van der Waals surface area contributed by atoms with Crippen molar-refractivity contribution in [3.8, 4) is 0 Å². The van der Waals surface area contributed by atoms with Gasteiger partial charge in [0, 0.05) is 24.7 Å². The third-order valence-electron chi connectivity index (χ3n) is 7.89. The highest BCUT2D eigenvalue weighted by Gasteiger charge is 2.22. The van der Waals surface area contributed by atoms with Gasteiger partial charge in [-0.3, -0.25) is 29.6 Å². The van der Waals surface area contributed by atoms with Crippen molar-refractivity contribution in [2.45, 2.75) is 115 Å². The maximum Gasteiger partial charge on any atom is 0.296 e. The van der Waals surface area contributed by atoms with E-state index in [1.807, 2.05) is 6.92 Å². The molecule has 0 saturated heterocycles. The number of non-ortho nitro benzene ring substituents is 2. The molecule has 13 heteroatoms. The summed E-state index contributed by atoms with van der Waals surface area (Å²) < 4.78 is 32.9. The highest BCUT2D eigenvalue weighted by Crippen LogP contribution is 2.24. The molecule has 2 atom stereocenters. The Morgan fingerprint density at radius 1 is 0.822 bits per heavy atom. The number of benzene rings is 2. The van der Waals surface area contributed by atoms with Gasteiger partial charge in [0.2, 0.25) is 0 Å². The molecule has 2 unspecified atom stereocenters. The van der Waals surface area contributed by atoms with E-state index in [-0.39, 0.29) is 22.4 Å². The van der Waals surface area contributed by atoms with Crippen LogP contribution < -0.4 is 10.6 Å². The Bertz CT molecular complexity index is 1320. The van der Waals surface area contributed by atoms with Gasteiger partial charge in [0.05, 0.1) is 27.2 Å². The fourth-order valence-electron chi connectivity index (χ4n) is 5.26. The van der Waals surface area contributed by atoms with Crippen molar-refractivity contribution in [3.05, 3.63) is 68.3 Å². The molecule has 0 aliphatic heterocycles. The summed E-state index contributed by atoms with van der Waals surface area (Å²) in [5, 5.41) is 28.7. The van der Waals surface area contributed by atoms with E-state index in [0.29, 0.717) is 31.5 Å². The number of nitro benzene ring substituents is 2. The van der Waals surface area contributed by atoms with E-state index < -0.39 is 37.2 Å². The molecule has 1 amide bonds. The van der Waals surface area contributed by atoms with Gasteiger partial charge in [0.25, 0.3) is 27.4 Å². The molecule has 0 aromatic heterocycles. The van der Waals surface area contributed by atoms with Crippen LogP contribution in [0.15, 0.2) is 47.4 Å². The van der Waals surface area contributed by atoms with Crippen LogP contribution in [0.4, 0.5) is 17.1 Å². The Morgan fingerprint density at radius 3 is 1.89 bits per heavy atom. The van der Waals surface area contributed by atoms with Crippen LogP contribution in [0.5, 0.6) is 0 Å². The summed E-state index contributed by atoms with van der Waals surface area (Å²) >= 11 is 0. The number of anilines is 1. The molecular formula is C32H48N4O8S. The third kappa shape index (κ3) is 14.4. The minimum Gasteiger partial charge on any atom is -0.384 e. The second-order valence-electron chi connectivity index (χ2n) is 11.8. The SMILES string of the molecule is CCCCCCCCCCCCCC(CCC(C)CNc1ccccc1S(=O)(=O)O)NC(=O)c1cc([N+](=O)[O-])cc([N+](=O)[O-])c1. The van der Waals surface area contributed by atoms with Gasteiger partial charge in [-0.25, -0.2) is 0 Å². The van der Waals surface area contributed by atoms with Gasteiger partial charge in [-0.2, -0.15) is 8.42 Å². The number of carbonyl (C=O) groups excluding carboxylic acids is 1. The molecule has 0 heterocycles. The summed E-state index contributed by atoms with van der Waals surface area (Å²) in [6.07, 6.45) is 15.0. The molecule has 45 heavy (non-hydrogen) atoms. The zero-order chi connectivity index (χ0) is 33.2. The monoisotopic (exact) mass is 648 g/mol. The van der Waals surface area contributed by atoms with E-state index in [9.17, 15) is 38.0 Å². The minimum atomic E-state index is -4.38. The summed E-state index contributed by atoms with van der Waals surface area (Å²) in [4.78, 5) is 34.0. The van der Waals surface area contributed by atoms with Crippen molar-refractivity contribution >= 4 is 33.1 Å². The normalized spacial score (nSPS) is 12.8. The van der Waals surface area contributed by atoms with E-state index >= 15 is 0 Å². The number of rotatable bonds is 23. The molecule has 0 saturated carbocycles. The summed E-state index contributed by atoms with van der Waals surface area (Å²) in [7, 11) is -4.38. The van der Waals surface area contributed by atoms with Gasteiger partial charge in [-0.1, -0.05) is 96.6 Å². The van der Waals surface area contributed by atoms with E-state index in [1.165, 1.54) is 57.1 Å². The first-order valence-corrected chi connectivity index (χ1v) is 17.4. The zero-order valence-electron chi connectivity index (χ0n) is 26.4. The summed E-state index contributed by atoms with van der Waals surface area (Å²) in [6, 6.07) is 8.73. The van der Waals surface area contributed by atoms with Crippen molar-refractivity contribution < 1.29 is 27.6 Å². The Kier molecular flexibility index (Phi) is 16.5. The maximum atomic E-state index is 13.1. The third-order valence-corrected chi connectivity index (χ3v) is 8.80. The van der Waals surface area contributed by atoms with Gasteiger partial charge in [-0.05, 0) is 37.3 Å². The van der Waals surface area contributed by atoms with Crippen LogP contribution in [0.1, 0.15) is 114 Å². The molecule has 250 valence electrons. The van der Waals surface area contributed by atoms with E-state index in [1.54, 1.807) is 12.1 Å². The smallest absolute Gasteiger partial charge is 0.296 e. The first kappa shape index (κ1) is 37.6. The molecule has 0 aliphatic rings. The van der Waals surface area contributed by atoms with Crippen molar-refractivity contribution in [2.24, 2.45) is 5.92 Å². The fraction of sp³-hybridized carbons (Fsp3) is 0.594. The number of unbranched alkanes of at least 4 members (excludes halogenated alkanes) is 10. The van der Waals surface area contributed by atoms with Gasteiger partial charge in [0.15, 0.2) is 0 Å². The highest BCUT2D eigenvalue weighted by atomic mass is 32.2. The molecule has 0 spiro atoms. The lowest BCUT2D eigenvalue weighted by molar-refractivity contribution is -0.394. The average Bonchev–Trinajstić information content (AvgIpc) is 3.00. The number of amides is 1. The second kappa shape index (κ2) is 19.7. The van der Waals surface area contributed by atoms with Gasteiger partial charge in [-0.15, -0.1) is 0 Å². The molecule has 0 bridgehead atoms. The summed E-state index contributed by atoms with van der Waals surface area (Å²) in [6.45, 7) is 4.61. The predicted molar refractivity (Wildman–Crippen MR) is 175 cm³/mol. The van der Waals surface area contributed by atoms with Crippen molar-refractivity contribution in [1.82, 2.24) is 5.32 Å². The molecule has 0 radical (unpaired) electrons. The molecule has 0 aliphatic carbocycles. The van der Waals surface area contributed by atoms with Crippen LogP contribution in [0, 0.1) is 26.1 Å². The first-order valence-electron chi connectivity index (χ1n) is 16.0. The Hall–Kier alpha value is -3.58. The lowest BCUT2D eigenvalue weighted by Crippen LogP contribution is -2.35. The maximum absolute atomic E-state index is 13.1. The molecule has 2 aromatic rings. The molecular weight excluding hydrogens is 600 g/mol. The fourth-order valence-corrected chi connectivity index (χ4v) is 5.93. The number of para-hydroxylation sites is 1. The quantitative estimate of drug-likeness (QED) is 0.0464. The molecule has 12 nitrogen and oxygen atoms in total. The number of hydrogen-bond acceptors (Lipinski definition) is 8. The predicted octanol–water partition coefficient (Wildman–Crippen LogP) is 8.08. The Labute approximate surface area is 266 Å². The van der Waals surface area contributed by atoms with Crippen molar-refractivity contribution in [3.63, 3.8) is 0 Å². The van der Waals surface area contributed by atoms with Gasteiger partial charge < -0.3 is 10.6 Å². The first-order chi connectivity index (χ1) is 21.4.